The predicted octanol–water partition coefficient (Wildman–Crippen LogP) is 2.60. The fraction of sp³-hybridized carbons (Fsp3) is 0.345. The third-order valence-electron chi connectivity index (χ3n) is 6.52. The lowest BCUT2D eigenvalue weighted by Crippen LogP contribution is -2.37. The van der Waals surface area contributed by atoms with E-state index >= 15 is 0 Å². The number of nitrogens with one attached hydrogen (secondary N) is 2. The van der Waals surface area contributed by atoms with Gasteiger partial charge >= 0.3 is 12.1 Å². The Balaban J connectivity index is 1.59. The molecule has 9 N–H and O–H groups in total. The Kier molecular flexibility index (Phi) is 11.1. The molecule has 2 aromatic carbocycles. The van der Waals surface area contributed by atoms with Crippen molar-refractivity contribution in [2.75, 3.05) is 69.1 Å². The van der Waals surface area contributed by atoms with Gasteiger partial charge in [0.05, 0.1) is 31.2 Å². The first-order valence-electron chi connectivity index (χ1n) is 13.2. The maximum atomic E-state index is 11.8. The Morgan fingerprint density at radius 3 is 2.10 bits per heavy atom. The standard InChI is InChI=1S/C29H36N6O7/c1-40-23-17-20(28(37)41-2)15-22(31)25(23)33-9-3-4-10-34-26-21(30)14-19(27(32)36)16-24(26)42-13-5-6-18-7-11-35(12-8-18)29(38)39/h3-4,14-18,33-34H,7-13,30-31H2,1-2H3,(H2,32,36)(H,38,39)/b4-3+. The van der Waals surface area contributed by atoms with Crippen LogP contribution in [0, 0.1) is 17.8 Å². The van der Waals surface area contributed by atoms with Gasteiger partial charge in [0.15, 0.2) is 0 Å². The maximum Gasteiger partial charge on any atom is 0.407 e. The smallest absolute Gasteiger partial charge is 0.407 e. The minimum absolute atomic E-state index is 0.0489. The Morgan fingerprint density at radius 1 is 0.976 bits per heavy atom. The summed E-state index contributed by atoms with van der Waals surface area (Å²) in [6.45, 7) is 1.73. The molecule has 0 saturated carbocycles. The van der Waals surface area contributed by atoms with Crippen molar-refractivity contribution in [3.8, 4) is 23.3 Å². The van der Waals surface area contributed by atoms with Crippen molar-refractivity contribution >= 4 is 40.7 Å². The molecular weight excluding hydrogens is 544 g/mol. The Bertz CT molecular complexity index is 1390. The molecule has 1 fully saturated rings. The topological polar surface area (TPSA) is 204 Å². The third kappa shape index (κ3) is 8.37. The number of esters is 1. The summed E-state index contributed by atoms with van der Waals surface area (Å²) >= 11 is 0. The molecule has 0 aliphatic carbocycles. The van der Waals surface area contributed by atoms with Crippen molar-refractivity contribution in [1.82, 2.24) is 4.90 Å². The lowest BCUT2D eigenvalue weighted by molar-refractivity contribution is 0.0600. The van der Waals surface area contributed by atoms with Gasteiger partial charge in [-0.05, 0) is 37.1 Å². The molecule has 0 spiro atoms. The summed E-state index contributed by atoms with van der Waals surface area (Å²) < 4.78 is 15.9. The van der Waals surface area contributed by atoms with E-state index in [0.29, 0.717) is 67.6 Å². The van der Waals surface area contributed by atoms with Gasteiger partial charge < -0.3 is 52.1 Å². The zero-order valence-corrected chi connectivity index (χ0v) is 23.6. The quantitative estimate of drug-likeness (QED) is 0.0986. The largest absolute Gasteiger partial charge is 0.494 e. The van der Waals surface area contributed by atoms with Crippen LogP contribution in [0.25, 0.3) is 0 Å². The lowest BCUT2D eigenvalue weighted by atomic mass is 9.98. The molecule has 13 heteroatoms. The second-order valence-corrected chi connectivity index (χ2v) is 9.32. The van der Waals surface area contributed by atoms with Gasteiger partial charge in [-0.3, -0.25) is 4.79 Å². The zero-order chi connectivity index (χ0) is 30.6. The average molecular weight is 581 g/mol. The molecule has 0 atom stereocenters. The fourth-order valence-electron chi connectivity index (χ4n) is 4.31. The number of anilines is 4. The second-order valence-electron chi connectivity index (χ2n) is 9.32. The zero-order valence-electron chi connectivity index (χ0n) is 23.6. The molecule has 224 valence electrons. The minimum Gasteiger partial charge on any atom is -0.494 e. The molecule has 2 aromatic rings. The Labute approximate surface area is 243 Å². The lowest BCUT2D eigenvalue weighted by Gasteiger charge is -2.27. The molecule has 0 radical (unpaired) electrons. The van der Waals surface area contributed by atoms with Gasteiger partial charge in [-0.1, -0.05) is 24.0 Å². The highest BCUT2D eigenvalue weighted by Crippen LogP contribution is 2.33. The van der Waals surface area contributed by atoms with E-state index in [1.54, 1.807) is 6.07 Å². The number of carbonyl (C=O) groups excluding carboxylic acids is 2. The number of nitrogens with zero attached hydrogens (tertiary/aromatic N) is 1. The van der Waals surface area contributed by atoms with Gasteiger partial charge in [0.2, 0.25) is 5.91 Å². The molecule has 0 bridgehead atoms. The number of carboxylic acid groups (broad SMARTS) is 1. The Morgan fingerprint density at radius 2 is 1.55 bits per heavy atom. The second kappa shape index (κ2) is 14.9. The van der Waals surface area contributed by atoms with Crippen LogP contribution in [-0.2, 0) is 4.74 Å². The monoisotopic (exact) mass is 580 g/mol. The van der Waals surface area contributed by atoms with E-state index in [0.717, 1.165) is 0 Å². The van der Waals surface area contributed by atoms with Gasteiger partial charge in [0.25, 0.3) is 0 Å². The summed E-state index contributed by atoms with van der Waals surface area (Å²) in [6.07, 6.45) is 4.12. The number of amides is 2. The SMILES string of the molecule is COC(=O)c1cc(N)c(NC/C=C/CNc2c(N)cc(C(N)=O)cc2OCC#CC2CCN(C(=O)O)CC2)c(OC)c1. The molecule has 2 amide bonds. The average Bonchev–Trinajstić information content (AvgIpc) is 2.97. The maximum absolute atomic E-state index is 11.8. The predicted molar refractivity (Wildman–Crippen MR) is 160 cm³/mol. The van der Waals surface area contributed by atoms with Gasteiger partial charge in [-0.15, -0.1) is 0 Å². The normalized spacial score (nSPS) is 13.1. The first kappa shape index (κ1) is 31.3. The van der Waals surface area contributed by atoms with E-state index in [9.17, 15) is 14.4 Å². The number of nitrogen functional groups attached to an aromatic ring is 2. The highest BCUT2D eigenvalue weighted by molar-refractivity contribution is 5.96. The van der Waals surface area contributed by atoms with Crippen LogP contribution in [0.5, 0.6) is 11.5 Å². The number of primary amides is 1. The van der Waals surface area contributed by atoms with Crippen molar-refractivity contribution in [2.24, 2.45) is 11.7 Å². The number of ether oxygens (including phenoxy) is 3. The number of rotatable bonds is 11. The van der Waals surface area contributed by atoms with Gasteiger partial charge in [0, 0.05) is 37.7 Å². The van der Waals surface area contributed by atoms with Crippen molar-refractivity contribution in [3.05, 3.63) is 47.5 Å². The molecule has 1 aliphatic rings. The number of likely N-dealkylation sites (tertiary alicyclic amines) is 1. The van der Waals surface area contributed by atoms with Crippen molar-refractivity contribution in [2.45, 2.75) is 12.8 Å². The number of benzene rings is 2. The highest BCUT2D eigenvalue weighted by atomic mass is 16.5. The summed E-state index contributed by atoms with van der Waals surface area (Å²) in [6, 6.07) is 6.03. The van der Waals surface area contributed by atoms with Crippen molar-refractivity contribution in [1.29, 1.82) is 0 Å². The molecule has 0 aromatic heterocycles. The number of nitrogens with two attached hydrogens (primary N) is 3. The summed E-state index contributed by atoms with van der Waals surface area (Å²) in [5, 5.41) is 15.4. The molecular formula is C29H36N6O7. The molecule has 1 saturated heterocycles. The first-order valence-corrected chi connectivity index (χ1v) is 13.2. The molecule has 13 nitrogen and oxygen atoms in total. The summed E-state index contributed by atoms with van der Waals surface area (Å²) in [7, 11) is 2.76. The van der Waals surface area contributed by atoms with Gasteiger partial charge in [-0.2, -0.15) is 0 Å². The number of hydrogen-bond acceptors (Lipinski definition) is 10. The highest BCUT2D eigenvalue weighted by Gasteiger charge is 2.21. The third-order valence-corrected chi connectivity index (χ3v) is 6.52. The molecule has 0 unspecified atom stereocenters. The van der Waals surface area contributed by atoms with Crippen molar-refractivity contribution in [3.63, 3.8) is 0 Å². The van der Waals surface area contributed by atoms with Crippen LogP contribution in [0.2, 0.25) is 0 Å². The number of hydrogen-bond donors (Lipinski definition) is 6. The number of methoxy groups -OCH3 is 2. The van der Waals surface area contributed by atoms with Gasteiger partial charge in [-0.25, -0.2) is 9.59 Å². The van der Waals surface area contributed by atoms with Gasteiger partial charge in [0.1, 0.15) is 29.5 Å². The van der Waals surface area contributed by atoms with E-state index in [1.165, 1.54) is 37.3 Å². The summed E-state index contributed by atoms with van der Waals surface area (Å²) in [5.74, 6) is 5.76. The van der Waals surface area contributed by atoms with Crippen molar-refractivity contribution < 1.29 is 33.7 Å². The van der Waals surface area contributed by atoms with E-state index in [2.05, 4.69) is 22.5 Å². The molecule has 1 heterocycles. The van der Waals surface area contributed by atoms with E-state index in [4.69, 9.17) is 36.5 Å². The molecule has 3 rings (SSSR count). The van der Waals surface area contributed by atoms with E-state index < -0.39 is 18.0 Å². The molecule has 42 heavy (non-hydrogen) atoms. The van der Waals surface area contributed by atoms with Crippen LogP contribution in [0.3, 0.4) is 0 Å². The molecule has 1 aliphatic heterocycles. The number of piperidine rings is 1. The van der Waals surface area contributed by atoms with Crippen LogP contribution < -0.4 is 37.3 Å². The first-order chi connectivity index (χ1) is 20.1. The van der Waals surface area contributed by atoms with Crippen LogP contribution in [-0.4, -0.2) is 75.0 Å². The summed E-state index contributed by atoms with van der Waals surface area (Å²) in [5.41, 5.74) is 19.9. The minimum atomic E-state index is -0.917. The Hall–Kier alpha value is -5.25. The van der Waals surface area contributed by atoms with Crippen LogP contribution in [0.4, 0.5) is 27.5 Å². The summed E-state index contributed by atoms with van der Waals surface area (Å²) in [4.78, 5) is 36.0. The number of carbonyl (C=O) groups is 3. The van der Waals surface area contributed by atoms with E-state index in [1.807, 2.05) is 12.2 Å². The van der Waals surface area contributed by atoms with Crippen LogP contribution in [0.15, 0.2) is 36.4 Å². The van der Waals surface area contributed by atoms with E-state index in [-0.39, 0.29) is 29.3 Å². The fourth-order valence-corrected chi connectivity index (χ4v) is 4.31. The van der Waals surface area contributed by atoms with Crippen LogP contribution in [0.1, 0.15) is 33.6 Å². The van der Waals surface area contributed by atoms with Crippen LogP contribution >= 0.6 is 0 Å².